The van der Waals surface area contributed by atoms with E-state index in [1.54, 1.807) is 36.0 Å². The number of ketones is 1. The van der Waals surface area contributed by atoms with Crippen molar-refractivity contribution in [3.8, 4) is 0 Å². The molecule has 0 bridgehead atoms. The van der Waals surface area contributed by atoms with Crippen LogP contribution in [0.15, 0.2) is 42.0 Å². The van der Waals surface area contributed by atoms with Gasteiger partial charge in [-0.3, -0.25) is 14.6 Å². The van der Waals surface area contributed by atoms with Gasteiger partial charge in [-0.1, -0.05) is 12.1 Å². The molecule has 0 aromatic carbocycles. The second kappa shape index (κ2) is 5.36. The van der Waals surface area contributed by atoms with E-state index < -0.39 is 11.7 Å². The van der Waals surface area contributed by atoms with Gasteiger partial charge in [-0.2, -0.15) is 0 Å². The van der Waals surface area contributed by atoms with Gasteiger partial charge >= 0.3 is 0 Å². The number of hydrogen-bond acceptors (Lipinski definition) is 4. The first-order valence-corrected chi connectivity index (χ1v) is 5.90. The maximum absolute atomic E-state index is 11.6. The zero-order valence-corrected chi connectivity index (χ0v) is 9.74. The van der Waals surface area contributed by atoms with E-state index in [2.05, 4.69) is 10.3 Å². The highest BCUT2D eigenvalue weighted by Crippen LogP contribution is 2.09. The van der Waals surface area contributed by atoms with Crippen LogP contribution in [0.3, 0.4) is 0 Å². The van der Waals surface area contributed by atoms with Crippen LogP contribution in [-0.4, -0.2) is 16.7 Å². The molecule has 0 aliphatic heterocycles. The molecule has 2 rings (SSSR count). The molecule has 86 valence electrons. The molecule has 17 heavy (non-hydrogen) atoms. The van der Waals surface area contributed by atoms with Gasteiger partial charge in [0, 0.05) is 18.9 Å². The zero-order valence-electron chi connectivity index (χ0n) is 8.92. The van der Waals surface area contributed by atoms with E-state index in [0.717, 1.165) is 5.56 Å². The van der Waals surface area contributed by atoms with E-state index in [0.29, 0.717) is 11.4 Å². The van der Waals surface area contributed by atoms with Gasteiger partial charge in [-0.15, -0.1) is 11.3 Å². The summed E-state index contributed by atoms with van der Waals surface area (Å²) in [5, 5.41) is 4.33. The molecule has 0 unspecified atom stereocenters. The van der Waals surface area contributed by atoms with Crippen LogP contribution in [0, 0.1) is 0 Å². The van der Waals surface area contributed by atoms with Crippen LogP contribution in [-0.2, 0) is 11.3 Å². The number of Topliss-reactive ketones (excluding diaryl/α,β-unsaturated/α-hetero) is 1. The van der Waals surface area contributed by atoms with E-state index in [1.165, 1.54) is 11.3 Å². The number of amides is 1. The van der Waals surface area contributed by atoms with Crippen molar-refractivity contribution in [3.63, 3.8) is 0 Å². The van der Waals surface area contributed by atoms with E-state index in [9.17, 15) is 9.59 Å². The molecule has 1 N–H and O–H groups in total. The summed E-state index contributed by atoms with van der Waals surface area (Å²) in [6, 6.07) is 6.99. The summed E-state index contributed by atoms with van der Waals surface area (Å²) in [7, 11) is 0. The Kier molecular flexibility index (Phi) is 3.62. The monoisotopic (exact) mass is 246 g/mol. The van der Waals surface area contributed by atoms with Gasteiger partial charge in [0.05, 0.1) is 4.88 Å². The van der Waals surface area contributed by atoms with Crippen LogP contribution in [0.2, 0.25) is 0 Å². The first kappa shape index (κ1) is 11.5. The predicted molar refractivity (Wildman–Crippen MR) is 64.7 cm³/mol. The molecule has 0 fully saturated rings. The third-order valence-corrected chi connectivity index (χ3v) is 3.00. The van der Waals surface area contributed by atoms with Crippen molar-refractivity contribution < 1.29 is 9.59 Å². The minimum Gasteiger partial charge on any atom is -0.345 e. The maximum Gasteiger partial charge on any atom is 0.293 e. The lowest BCUT2D eigenvalue weighted by atomic mass is 10.2. The van der Waals surface area contributed by atoms with Gasteiger partial charge in [0.1, 0.15) is 0 Å². The molecule has 0 atom stereocenters. The Bertz CT molecular complexity index is 509. The average molecular weight is 246 g/mol. The smallest absolute Gasteiger partial charge is 0.293 e. The van der Waals surface area contributed by atoms with Crippen molar-refractivity contribution >= 4 is 23.0 Å². The SMILES string of the molecule is O=C(NCc1cccnc1)C(=O)c1cccs1. The van der Waals surface area contributed by atoms with Gasteiger partial charge in [0.2, 0.25) is 0 Å². The summed E-state index contributed by atoms with van der Waals surface area (Å²) < 4.78 is 0. The Morgan fingerprint density at radius 1 is 1.29 bits per heavy atom. The van der Waals surface area contributed by atoms with Crippen LogP contribution in [0.25, 0.3) is 0 Å². The average Bonchev–Trinajstić information content (AvgIpc) is 2.90. The highest BCUT2D eigenvalue weighted by atomic mass is 32.1. The van der Waals surface area contributed by atoms with Crippen molar-refractivity contribution in [1.29, 1.82) is 0 Å². The standard InChI is InChI=1S/C12H10N2O2S/c15-11(10-4-2-6-17-10)12(16)14-8-9-3-1-5-13-7-9/h1-7H,8H2,(H,14,16). The third kappa shape index (κ3) is 2.98. The molecule has 2 heterocycles. The third-order valence-electron chi connectivity index (χ3n) is 2.13. The Balaban J connectivity index is 1.92. The lowest BCUT2D eigenvalue weighted by Gasteiger charge is -2.02. The number of carbonyl (C=O) groups is 2. The Hall–Kier alpha value is -2.01. The normalized spacial score (nSPS) is 9.88. The second-order valence-electron chi connectivity index (χ2n) is 3.35. The number of nitrogens with one attached hydrogen (secondary N) is 1. The van der Waals surface area contributed by atoms with Gasteiger partial charge in [0.25, 0.3) is 11.7 Å². The summed E-state index contributed by atoms with van der Waals surface area (Å²) in [4.78, 5) is 27.5. The molecule has 4 nitrogen and oxygen atoms in total. The van der Waals surface area contributed by atoms with Gasteiger partial charge < -0.3 is 5.32 Å². The number of rotatable bonds is 4. The number of pyridine rings is 1. The fourth-order valence-electron chi connectivity index (χ4n) is 1.28. The summed E-state index contributed by atoms with van der Waals surface area (Å²) in [5.74, 6) is -1.08. The summed E-state index contributed by atoms with van der Waals surface area (Å²) in [6.45, 7) is 0.309. The fraction of sp³-hybridized carbons (Fsp3) is 0.0833. The van der Waals surface area contributed by atoms with E-state index in [4.69, 9.17) is 0 Å². The highest BCUT2D eigenvalue weighted by molar-refractivity contribution is 7.13. The van der Waals surface area contributed by atoms with Crippen LogP contribution >= 0.6 is 11.3 Å². The Morgan fingerprint density at radius 3 is 2.82 bits per heavy atom. The minimum absolute atomic E-state index is 0.309. The molecule has 5 heteroatoms. The molecular formula is C12H10N2O2S. The molecule has 2 aromatic rings. The van der Waals surface area contributed by atoms with Crippen molar-refractivity contribution in [1.82, 2.24) is 10.3 Å². The number of carbonyl (C=O) groups excluding carboxylic acids is 2. The largest absolute Gasteiger partial charge is 0.345 e. The number of thiophene rings is 1. The van der Waals surface area contributed by atoms with Gasteiger partial charge in [-0.25, -0.2) is 0 Å². The van der Waals surface area contributed by atoms with E-state index in [1.807, 2.05) is 6.07 Å². The first-order valence-electron chi connectivity index (χ1n) is 5.02. The van der Waals surface area contributed by atoms with Crippen LogP contribution < -0.4 is 5.32 Å². The molecule has 0 aliphatic carbocycles. The molecule has 0 aliphatic rings. The quantitative estimate of drug-likeness (QED) is 0.659. The minimum atomic E-state index is -0.587. The summed E-state index contributed by atoms with van der Waals surface area (Å²) >= 11 is 1.26. The maximum atomic E-state index is 11.6. The van der Waals surface area contributed by atoms with Crippen molar-refractivity contribution in [2.75, 3.05) is 0 Å². The van der Waals surface area contributed by atoms with E-state index >= 15 is 0 Å². The van der Waals surface area contributed by atoms with Crippen LogP contribution in [0.1, 0.15) is 15.2 Å². The lowest BCUT2D eigenvalue weighted by molar-refractivity contribution is -0.117. The molecule has 0 spiro atoms. The Morgan fingerprint density at radius 2 is 2.18 bits per heavy atom. The zero-order chi connectivity index (χ0) is 12.1. The first-order chi connectivity index (χ1) is 8.27. The van der Waals surface area contributed by atoms with Gasteiger partial charge in [-0.05, 0) is 23.1 Å². The predicted octanol–water partition coefficient (Wildman–Crippen LogP) is 1.64. The van der Waals surface area contributed by atoms with Crippen molar-refractivity contribution in [3.05, 3.63) is 52.5 Å². The fourth-order valence-corrected chi connectivity index (χ4v) is 1.95. The summed E-state index contributed by atoms with van der Waals surface area (Å²) in [5.41, 5.74) is 0.861. The molecule has 0 radical (unpaired) electrons. The topological polar surface area (TPSA) is 59.1 Å². The van der Waals surface area contributed by atoms with E-state index in [-0.39, 0.29) is 0 Å². The number of nitrogens with zero attached hydrogens (tertiary/aromatic N) is 1. The lowest BCUT2D eigenvalue weighted by Crippen LogP contribution is -2.30. The number of hydrogen-bond donors (Lipinski definition) is 1. The van der Waals surface area contributed by atoms with Crippen molar-refractivity contribution in [2.24, 2.45) is 0 Å². The molecule has 2 aromatic heterocycles. The molecule has 1 amide bonds. The number of aromatic nitrogens is 1. The highest BCUT2D eigenvalue weighted by Gasteiger charge is 2.16. The summed E-state index contributed by atoms with van der Waals surface area (Å²) in [6.07, 6.45) is 3.30. The molecule has 0 saturated carbocycles. The molecular weight excluding hydrogens is 236 g/mol. The second-order valence-corrected chi connectivity index (χ2v) is 4.30. The van der Waals surface area contributed by atoms with Gasteiger partial charge in [0.15, 0.2) is 0 Å². The van der Waals surface area contributed by atoms with Crippen LogP contribution in [0.4, 0.5) is 0 Å². The Labute approximate surface area is 102 Å². The van der Waals surface area contributed by atoms with Crippen molar-refractivity contribution in [2.45, 2.75) is 6.54 Å². The van der Waals surface area contributed by atoms with Crippen LogP contribution in [0.5, 0.6) is 0 Å². The molecule has 0 saturated heterocycles.